The second-order valence-corrected chi connectivity index (χ2v) is 5.66. The molecule has 0 radical (unpaired) electrons. The van der Waals surface area contributed by atoms with E-state index in [4.69, 9.17) is 14.3 Å². The fourth-order valence-electron chi connectivity index (χ4n) is 2.71. The molecule has 12 heteroatoms. The van der Waals surface area contributed by atoms with Gasteiger partial charge in [0.25, 0.3) is 0 Å². The van der Waals surface area contributed by atoms with Crippen molar-refractivity contribution in [3.8, 4) is 11.8 Å². The highest BCUT2D eigenvalue weighted by Gasteiger charge is 2.50. The lowest BCUT2D eigenvalue weighted by atomic mass is 9.92. The van der Waals surface area contributed by atoms with E-state index in [1.807, 2.05) is 0 Å². The van der Waals surface area contributed by atoms with E-state index in [9.17, 15) is 27.9 Å². The highest BCUT2D eigenvalue weighted by molar-refractivity contribution is 6.09. The molecule has 1 aromatic rings. The number of methoxy groups -OCH3 is 1. The van der Waals surface area contributed by atoms with E-state index in [0.717, 1.165) is 6.07 Å². The number of pyridine rings is 1. The number of fused-ring (bicyclic) bond motifs is 1. The first-order valence-electron chi connectivity index (χ1n) is 8.28. The molecule has 1 amide bonds. The van der Waals surface area contributed by atoms with Gasteiger partial charge in [-0.1, -0.05) is 17.8 Å². The summed E-state index contributed by atoms with van der Waals surface area (Å²) in [6, 6.07) is -0.685. The standard InChI is InChI=1S/C17H18F3N3O6/c1-4-6-29-22-10-8-23(16(26)17(18,19)20)13(15(25)28-5-2)9-7-11(27-3)21-14(24)12(9)10/h4,7,13H,1,5-6,8H2,2-3H3,(H,21,24). The number of carbonyl (C=O) groups excluding carboxylic acids is 2. The lowest BCUT2D eigenvalue weighted by Gasteiger charge is -2.36. The molecular weight excluding hydrogens is 399 g/mol. The Labute approximate surface area is 163 Å². The van der Waals surface area contributed by atoms with Crippen LogP contribution in [-0.4, -0.2) is 65.6 Å². The van der Waals surface area contributed by atoms with Gasteiger partial charge >= 0.3 is 18.1 Å². The summed E-state index contributed by atoms with van der Waals surface area (Å²) in [7, 11) is 1.21. The average molecular weight is 417 g/mol. The van der Waals surface area contributed by atoms with Crippen molar-refractivity contribution in [1.29, 1.82) is 0 Å². The van der Waals surface area contributed by atoms with E-state index in [0.29, 0.717) is 0 Å². The van der Waals surface area contributed by atoms with Gasteiger partial charge < -0.3 is 24.3 Å². The summed E-state index contributed by atoms with van der Waals surface area (Å²) in [5.74, 6) is -4.25. The van der Waals surface area contributed by atoms with Crippen LogP contribution in [0.5, 0.6) is 11.8 Å². The molecule has 0 spiro atoms. The molecule has 1 aliphatic rings. The van der Waals surface area contributed by atoms with Crippen molar-refractivity contribution in [1.82, 2.24) is 9.88 Å². The third-order valence-electron chi connectivity index (χ3n) is 3.81. The van der Waals surface area contributed by atoms with Gasteiger partial charge in [0.05, 0.1) is 25.8 Å². The number of hydrogen-bond acceptors (Lipinski definition) is 8. The largest absolute Gasteiger partial charge is 0.493 e. The molecule has 1 unspecified atom stereocenters. The number of aromatic hydroxyl groups is 1. The number of rotatable bonds is 6. The fourth-order valence-corrected chi connectivity index (χ4v) is 2.71. The number of aromatic nitrogens is 1. The van der Waals surface area contributed by atoms with Gasteiger partial charge in [0.15, 0.2) is 6.04 Å². The van der Waals surface area contributed by atoms with Crippen molar-refractivity contribution < 1.29 is 42.2 Å². The molecule has 1 atom stereocenters. The van der Waals surface area contributed by atoms with Crippen molar-refractivity contribution in [3.63, 3.8) is 0 Å². The highest BCUT2D eigenvalue weighted by atomic mass is 19.4. The second kappa shape index (κ2) is 8.80. The molecule has 2 heterocycles. The van der Waals surface area contributed by atoms with Crippen LogP contribution in [0.25, 0.3) is 0 Å². The Morgan fingerprint density at radius 2 is 2.17 bits per heavy atom. The molecule has 1 aliphatic heterocycles. The maximum absolute atomic E-state index is 13.2. The maximum atomic E-state index is 13.2. The molecule has 1 aromatic heterocycles. The van der Waals surface area contributed by atoms with Gasteiger partial charge in [0, 0.05) is 11.6 Å². The molecule has 2 rings (SSSR count). The Kier molecular flexibility index (Phi) is 6.67. The Bertz CT molecular complexity index is 840. The maximum Gasteiger partial charge on any atom is 0.471 e. The van der Waals surface area contributed by atoms with Crippen molar-refractivity contribution >= 4 is 17.6 Å². The molecule has 0 bridgehead atoms. The van der Waals surface area contributed by atoms with Gasteiger partial charge in [0.1, 0.15) is 12.3 Å². The van der Waals surface area contributed by atoms with Gasteiger partial charge in [-0.15, -0.1) is 0 Å². The van der Waals surface area contributed by atoms with Crippen LogP contribution in [-0.2, 0) is 19.2 Å². The van der Waals surface area contributed by atoms with Gasteiger partial charge in [-0.2, -0.15) is 18.2 Å². The molecule has 0 fully saturated rings. The summed E-state index contributed by atoms with van der Waals surface area (Å²) in [6.07, 6.45) is -3.94. The minimum absolute atomic E-state index is 0.0856. The van der Waals surface area contributed by atoms with Crippen molar-refractivity contribution in [2.75, 3.05) is 26.9 Å². The molecule has 9 nitrogen and oxygen atoms in total. The van der Waals surface area contributed by atoms with E-state index >= 15 is 0 Å². The number of hydrogen-bond donors (Lipinski definition) is 1. The predicted octanol–water partition coefficient (Wildman–Crippen LogP) is 1.71. The summed E-state index contributed by atoms with van der Waals surface area (Å²) >= 11 is 0. The predicted molar refractivity (Wildman–Crippen MR) is 92.3 cm³/mol. The van der Waals surface area contributed by atoms with Gasteiger partial charge in [-0.3, -0.25) is 4.79 Å². The number of carbonyl (C=O) groups is 2. The van der Waals surface area contributed by atoms with Crippen LogP contribution in [0.3, 0.4) is 0 Å². The Morgan fingerprint density at radius 3 is 2.72 bits per heavy atom. The van der Waals surface area contributed by atoms with Crippen LogP contribution in [0.1, 0.15) is 24.1 Å². The summed E-state index contributed by atoms with van der Waals surface area (Å²) in [5, 5.41) is 14.0. The van der Waals surface area contributed by atoms with E-state index in [2.05, 4.69) is 16.7 Å². The van der Waals surface area contributed by atoms with Crippen LogP contribution in [0.4, 0.5) is 13.2 Å². The summed E-state index contributed by atoms with van der Waals surface area (Å²) in [6.45, 7) is 3.86. The zero-order valence-electron chi connectivity index (χ0n) is 15.5. The first-order valence-corrected chi connectivity index (χ1v) is 8.28. The lowest BCUT2D eigenvalue weighted by molar-refractivity contribution is -0.190. The number of esters is 1. The average Bonchev–Trinajstić information content (AvgIpc) is 2.65. The first kappa shape index (κ1) is 22.0. The Morgan fingerprint density at radius 1 is 1.48 bits per heavy atom. The second-order valence-electron chi connectivity index (χ2n) is 5.66. The van der Waals surface area contributed by atoms with Crippen molar-refractivity contribution in [2.45, 2.75) is 19.1 Å². The fraction of sp³-hybridized carbons (Fsp3) is 0.412. The van der Waals surface area contributed by atoms with Crippen molar-refractivity contribution in [2.24, 2.45) is 5.16 Å². The number of oxime groups is 1. The molecule has 0 saturated heterocycles. The summed E-state index contributed by atoms with van der Waals surface area (Å²) in [5.41, 5.74) is -0.593. The highest BCUT2D eigenvalue weighted by Crippen LogP contribution is 2.39. The Balaban J connectivity index is 2.72. The first-order chi connectivity index (χ1) is 13.6. The molecular formula is C17H18F3N3O6. The molecule has 158 valence electrons. The topological polar surface area (TPSA) is 111 Å². The van der Waals surface area contributed by atoms with Crippen LogP contribution in [0, 0.1) is 0 Å². The van der Waals surface area contributed by atoms with Crippen LogP contribution >= 0.6 is 0 Å². The van der Waals surface area contributed by atoms with Crippen molar-refractivity contribution in [3.05, 3.63) is 29.8 Å². The number of alkyl halides is 3. The summed E-state index contributed by atoms with van der Waals surface area (Å²) in [4.78, 5) is 33.4. The molecule has 29 heavy (non-hydrogen) atoms. The normalized spacial score (nSPS) is 17.5. The number of halogens is 3. The minimum atomic E-state index is -5.27. The van der Waals surface area contributed by atoms with E-state index in [1.54, 1.807) is 0 Å². The molecule has 0 aliphatic carbocycles. The Hall–Kier alpha value is -3.31. The monoisotopic (exact) mass is 417 g/mol. The number of nitrogens with zero attached hydrogens (tertiary/aromatic N) is 3. The molecule has 1 N–H and O–H groups in total. The molecule has 0 aromatic carbocycles. The third-order valence-corrected chi connectivity index (χ3v) is 3.81. The minimum Gasteiger partial charge on any atom is -0.493 e. The SMILES string of the molecule is C=CCON=C1CN(C(=O)C(F)(F)F)C(C(=O)OCC)c2cc(OC)nc(O)c21. The number of ether oxygens (including phenoxy) is 2. The van der Waals surface area contributed by atoms with E-state index in [-0.39, 0.29) is 40.8 Å². The number of amides is 1. The van der Waals surface area contributed by atoms with Gasteiger partial charge in [-0.25, -0.2) is 4.79 Å². The smallest absolute Gasteiger partial charge is 0.471 e. The lowest BCUT2D eigenvalue weighted by Crippen LogP contribution is -2.51. The van der Waals surface area contributed by atoms with Gasteiger partial charge in [-0.05, 0) is 6.92 Å². The van der Waals surface area contributed by atoms with Crippen LogP contribution in [0.2, 0.25) is 0 Å². The zero-order valence-corrected chi connectivity index (χ0v) is 15.5. The third kappa shape index (κ3) is 4.58. The molecule has 0 saturated carbocycles. The quantitative estimate of drug-likeness (QED) is 0.325. The van der Waals surface area contributed by atoms with E-state index < -0.39 is 36.5 Å². The van der Waals surface area contributed by atoms with Gasteiger partial charge in [0.2, 0.25) is 11.8 Å². The van der Waals surface area contributed by atoms with Crippen LogP contribution in [0.15, 0.2) is 23.9 Å². The van der Waals surface area contributed by atoms with E-state index in [1.165, 1.54) is 20.1 Å². The zero-order chi connectivity index (χ0) is 21.8. The summed E-state index contributed by atoms with van der Waals surface area (Å²) < 4.78 is 49.3. The van der Waals surface area contributed by atoms with Crippen LogP contribution < -0.4 is 4.74 Å².